The Morgan fingerprint density at radius 1 is 1.55 bits per heavy atom. The van der Waals surface area contributed by atoms with E-state index in [0.717, 1.165) is 12.1 Å². The minimum absolute atomic E-state index is 0.0309. The molecule has 20 heavy (non-hydrogen) atoms. The molecular weight excluding hydrogens is 269 g/mol. The third-order valence-corrected chi connectivity index (χ3v) is 3.06. The second-order valence-electron chi connectivity index (χ2n) is 4.39. The summed E-state index contributed by atoms with van der Waals surface area (Å²) in [5.41, 5.74) is -0.700. The minimum atomic E-state index is -0.778. The van der Waals surface area contributed by atoms with Crippen LogP contribution in [-0.2, 0) is 4.74 Å². The number of nitro groups is 1. The number of nitrogens with one attached hydrogen (secondary N) is 2. The summed E-state index contributed by atoms with van der Waals surface area (Å²) in [5.74, 6) is -1.39. The molecular formula is C12H14FN3O4. The zero-order valence-corrected chi connectivity index (χ0v) is 10.8. The lowest BCUT2D eigenvalue weighted by atomic mass is 10.1. The van der Waals surface area contributed by atoms with Crippen molar-refractivity contribution in [3.8, 4) is 0 Å². The van der Waals surface area contributed by atoms with Crippen LogP contribution >= 0.6 is 0 Å². The van der Waals surface area contributed by atoms with Crippen molar-refractivity contribution in [2.45, 2.75) is 12.5 Å². The molecule has 1 aromatic carbocycles. The molecule has 1 atom stereocenters. The summed E-state index contributed by atoms with van der Waals surface area (Å²) in [5, 5.41) is 16.1. The Bertz CT molecular complexity index is 544. The molecule has 0 saturated carbocycles. The molecule has 0 aromatic heterocycles. The van der Waals surface area contributed by atoms with Gasteiger partial charge in [-0.2, -0.15) is 0 Å². The first-order chi connectivity index (χ1) is 9.52. The van der Waals surface area contributed by atoms with Crippen LogP contribution in [0.15, 0.2) is 12.1 Å². The van der Waals surface area contributed by atoms with Crippen LogP contribution in [0, 0.1) is 15.9 Å². The highest BCUT2D eigenvalue weighted by Gasteiger charge is 2.26. The Labute approximate surface area is 114 Å². The van der Waals surface area contributed by atoms with Gasteiger partial charge < -0.3 is 15.4 Å². The Balaban J connectivity index is 2.32. The third kappa shape index (κ3) is 2.85. The zero-order chi connectivity index (χ0) is 14.7. The number of hydrogen-bond donors (Lipinski definition) is 2. The van der Waals surface area contributed by atoms with E-state index in [0.29, 0.717) is 19.6 Å². The second-order valence-corrected chi connectivity index (χ2v) is 4.39. The fourth-order valence-corrected chi connectivity index (χ4v) is 2.00. The summed E-state index contributed by atoms with van der Waals surface area (Å²) in [6, 6.07) is 1.70. The van der Waals surface area contributed by atoms with E-state index in [1.807, 2.05) is 0 Å². The van der Waals surface area contributed by atoms with Crippen LogP contribution in [0.5, 0.6) is 0 Å². The first kappa shape index (κ1) is 14.2. The number of nitro benzene ring substituents is 1. The maximum atomic E-state index is 13.5. The summed E-state index contributed by atoms with van der Waals surface area (Å²) in [7, 11) is 1.47. The van der Waals surface area contributed by atoms with E-state index in [4.69, 9.17) is 4.74 Å². The average molecular weight is 283 g/mol. The molecule has 0 aliphatic carbocycles. The Morgan fingerprint density at radius 2 is 2.30 bits per heavy atom. The summed E-state index contributed by atoms with van der Waals surface area (Å²) < 4.78 is 18.7. The highest BCUT2D eigenvalue weighted by molar-refractivity contribution is 5.99. The first-order valence-electron chi connectivity index (χ1n) is 6.07. The van der Waals surface area contributed by atoms with Crippen molar-refractivity contribution in [1.29, 1.82) is 0 Å². The molecule has 8 heteroatoms. The molecule has 1 unspecified atom stereocenters. The molecule has 2 N–H and O–H groups in total. The van der Waals surface area contributed by atoms with Crippen molar-refractivity contribution < 1.29 is 18.8 Å². The van der Waals surface area contributed by atoms with Gasteiger partial charge in [0.2, 0.25) is 0 Å². The molecule has 0 spiro atoms. The largest absolute Gasteiger partial charge is 0.386 e. The second kappa shape index (κ2) is 5.83. The van der Waals surface area contributed by atoms with Gasteiger partial charge in [-0.3, -0.25) is 14.9 Å². The maximum Gasteiger partial charge on any atom is 0.285 e. The van der Waals surface area contributed by atoms with Gasteiger partial charge >= 0.3 is 0 Å². The number of carbonyl (C=O) groups excluding carboxylic acids is 1. The number of rotatable bonds is 4. The third-order valence-electron chi connectivity index (χ3n) is 3.06. The number of halogens is 1. The molecule has 7 nitrogen and oxygen atoms in total. The molecule has 1 heterocycles. The van der Waals surface area contributed by atoms with Crippen LogP contribution in [0.3, 0.4) is 0 Å². The predicted octanol–water partition coefficient (Wildman–Crippen LogP) is 1.29. The zero-order valence-electron chi connectivity index (χ0n) is 10.8. The van der Waals surface area contributed by atoms with Crippen LogP contribution in [0.25, 0.3) is 0 Å². The quantitative estimate of drug-likeness (QED) is 0.641. The molecule has 0 bridgehead atoms. The van der Waals surface area contributed by atoms with Gasteiger partial charge in [0.1, 0.15) is 5.56 Å². The van der Waals surface area contributed by atoms with Crippen molar-refractivity contribution >= 4 is 17.3 Å². The van der Waals surface area contributed by atoms with Gasteiger partial charge in [0, 0.05) is 13.7 Å². The van der Waals surface area contributed by atoms with Gasteiger partial charge in [0.05, 0.1) is 29.3 Å². The van der Waals surface area contributed by atoms with Crippen molar-refractivity contribution in [3.63, 3.8) is 0 Å². The number of benzene rings is 1. The Morgan fingerprint density at radius 3 is 2.85 bits per heavy atom. The number of anilines is 1. The highest BCUT2D eigenvalue weighted by Crippen LogP contribution is 2.26. The fourth-order valence-electron chi connectivity index (χ4n) is 2.00. The Hall–Kier alpha value is -2.22. The maximum absolute atomic E-state index is 13.5. The molecule has 1 aromatic rings. The number of hydrogen-bond acceptors (Lipinski definition) is 5. The lowest BCUT2D eigenvalue weighted by Gasteiger charge is -2.12. The van der Waals surface area contributed by atoms with Gasteiger partial charge in [-0.05, 0) is 12.5 Å². The Kier molecular flexibility index (Phi) is 4.14. The predicted molar refractivity (Wildman–Crippen MR) is 69.3 cm³/mol. The summed E-state index contributed by atoms with van der Waals surface area (Å²) >= 11 is 0. The number of carbonyl (C=O) groups is 1. The topological polar surface area (TPSA) is 93.5 Å². The van der Waals surface area contributed by atoms with Crippen molar-refractivity contribution in [1.82, 2.24) is 5.32 Å². The molecule has 108 valence electrons. The van der Waals surface area contributed by atoms with Gasteiger partial charge in [-0.15, -0.1) is 0 Å². The molecule has 1 aliphatic rings. The smallest absolute Gasteiger partial charge is 0.285 e. The summed E-state index contributed by atoms with van der Waals surface area (Å²) in [4.78, 5) is 22.2. The molecule has 2 rings (SSSR count). The van der Waals surface area contributed by atoms with E-state index < -0.39 is 22.3 Å². The normalized spacial score (nSPS) is 17.8. The molecule has 0 radical (unpaired) electrons. The molecule has 1 amide bonds. The number of amides is 1. The molecule has 1 saturated heterocycles. The van der Waals surface area contributed by atoms with E-state index in [1.165, 1.54) is 7.05 Å². The average Bonchev–Trinajstić information content (AvgIpc) is 2.90. The van der Waals surface area contributed by atoms with Gasteiger partial charge in [0.25, 0.3) is 11.6 Å². The van der Waals surface area contributed by atoms with E-state index in [9.17, 15) is 19.3 Å². The van der Waals surface area contributed by atoms with Crippen molar-refractivity contribution in [3.05, 3.63) is 33.6 Å². The first-order valence-corrected chi connectivity index (χ1v) is 6.07. The van der Waals surface area contributed by atoms with Gasteiger partial charge in [-0.25, -0.2) is 4.39 Å². The standard InChI is InChI=1S/C12H14FN3O4/c1-14-10-4-8(11(16(18)19)5-9(10)13)12(17)15-7-2-3-20-6-7/h4-5,7,14H,2-3,6H2,1H3,(H,15,17). The lowest BCUT2D eigenvalue weighted by Crippen LogP contribution is -2.35. The van der Waals surface area contributed by atoms with Crippen LogP contribution in [0.2, 0.25) is 0 Å². The van der Waals surface area contributed by atoms with E-state index in [2.05, 4.69) is 10.6 Å². The minimum Gasteiger partial charge on any atom is -0.386 e. The van der Waals surface area contributed by atoms with Crippen molar-refractivity contribution in [2.75, 3.05) is 25.6 Å². The van der Waals surface area contributed by atoms with Crippen LogP contribution < -0.4 is 10.6 Å². The SMILES string of the molecule is CNc1cc(C(=O)NC2CCOC2)c([N+](=O)[O-])cc1F. The van der Waals surface area contributed by atoms with E-state index in [1.54, 1.807) is 0 Å². The number of nitrogens with zero attached hydrogens (tertiary/aromatic N) is 1. The van der Waals surface area contributed by atoms with E-state index >= 15 is 0 Å². The van der Waals surface area contributed by atoms with E-state index in [-0.39, 0.29) is 17.3 Å². The summed E-state index contributed by atoms with van der Waals surface area (Å²) in [6.45, 7) is 0.915. The van der Waals surface area contributed by atoms with Crippen LogP contribution in [-0.4, -0.2) is 37.1 Å². The van der Waals surface area contributed by atoms with Gasteiger partial charge in [0.15, 0.2) is 5.82 Å². The van der Waals surface area contributed by atoms with Crippen LogP contribution in [0.1, 0.15) is 16.8 Å². The van der Waals surface area contributed by atoms with Gasteiger partial charge in [-0.1, -0.05) is 0 Å². The van der Waals surface area contributed by atoms with Crippen molar-refractivity contribution in [2.24, 2.45) is 0 Å². The monoisotopic (exact) mass is 283 g/mol. The highest BCUT2D eigenvalue weighted by atomic mass is 19.1. The van der Waals surface area contributed by atoms with Crippen LogP contribution in [0.4, 0.5) is 15.8 Å². The number of ether oxygens (including phenoxy) is 1. The fraction of sp³-hybridized carbons (Fsp3) is 0.417. The lowest BCUT2D eigenvalue weighted by molar-refractivity contribution is -0.385. The molecule has 1 fully saturated rings. The summed E-state index contributed by atoms with van der Waals surface area (Å²) in [6.07, 6.45) is 0.652. The molecule has 1 aliphatic heterocycles.